The van der Waals surface area contributed by atoms with Crippen LogP contribution in [0.15, 0.2) is 60.8 Å². The van der Waals surface area contributed by atoms with E-state index >= 15 is 0 Å². The van der Waals surface area contributed by atoms with Crippen LogP contribution in [0.5, 0.6) is 0 Å². The third kappa shape index (κ3) is 49.9. The van der Waals surface area contributed by atoms with Crippen LogP contribution < -0.4 is 5.32 Å². The van der Waals surface area contributed by atoms with Gasteiger partial charge in [0, 0.05) is 0 Å². The molecule has 0 saturated heterocycles. The lowest BCUT2D eigenvalue weighted by molar-refractivity contribution is -0.131. The van der Waals surface area contributed by atoms with E-state index in [0.717, 1.165) is 51.4 Å². The van der Waals surface area contributed by atoms with E-state index in [1.165, 1.54) is 225 Å². The Bertz CT molecular complexity index is 1110. The molecule has 386 valence electrons. The van der Waals surface area contributed by atoms with E-state index in [1.54, 1.807) is 6.08 Å². The number of hydrogen-bond donors (Lipinski definition) is 4. The number of nitrogens with one attached hydrogen (secondary N) is 1. The fraction of sp³-hybridized carbons (Fsp3) is 0.820. The molecule has 5 heteroatoms. The molecule has 3 atom stereocenters. The highest BCUT2D eigenvalue weighted by Gasteiger charge is 2.22. The summed E-state index contributed by atoms with van der Waals surface area (Å²) in [4.78, 5) is 12.5. The van der Waals surface area contributed by atoms with Crippen molar-refractivity contribution in [3.05, 3.63) is 60.8 Å². The van der Waals surface area contributed by atoms with E-state index in [4.69, 9.17) is 0 Å². The van der Waals surface area contributed by atoms with Crippen LogP contribution in [0.1, 0.15) is 296 Å². The number of allylic oxidation sites excluding steroid dienone is 9. The first kappa shape index (κ1) is 64.0. The third-order valence-electron chi connectivity index (χ3n) is 13.3. The van der Waals surface area contributed by atoms with Gasteiger partial charge in [0.1, 0.15) is 6.10 Å². The quantitative estimate of drug-likeness (QED) is 0.0361. The number of aliphatic hydroxyl groups excluding tert-OH is 3. The van der Waals surface area contributed by atoms with Gasteiger partial charge in [0.05, 0.1) is 18.8 Å². The van der Waals surface area contributed by atoms with Crippen molar-refractivity contribution < 1.29 is 20.1 Å². The molecule has 0 bridgehead atoms. The van der Waals surface area contributed by atoms with Crippen LogP contribution >= 0.6 is 0 Å². The Hall–Kier alpha value is -1.95. The van der Waals surface area contributed by atoms with Crippen LogP contribution in [0.4, 0.5) is 0 Å². The van der Waals surface area contributed by atoms with Gasteiger partial charge in [0.15, 0.2) is 0 Å². The number of rotatable bonds is 53. The van der Waals surface area contributed by atoms with E-state index in [9.17, 15) is 20.1 Å². The average Bonchev–Trinajstić information content (AvgIpc) is 3.32. The van der Waals surface area contributed by atoms with Gasteiger partial charge in [0.2, 0.25) is 5.91 Å². The molecule has 0 fully saturated rings. The van der Waals surface area contributed by atoms with Crippen LogP contribution in [0.2, 0.25) is 0 Å². The number of hydrogen-bond acceptors (Lipinski definition) is 4. The summed E-state index contributed by atoms with van der Waals surface area (Å²) >= 11 is 0. The molecule has 0 spiro atoms. The van der Waals surface area contributed by atoms with E-state index in [2.05, 4.69) is 67.8 Å². The highest BCUT2D eigenvalue weighted by molar-refractivity contribution is 5.80. The Morgan fingerprint density at radius 1 is 0.379 bits per heavy atom. The Labute approximate surface area is 411 Å². The molecule has 0 aromatic heterocycles. The predicted molar refractivity (Wildman–Crippen MR) is 291 cm³/mol. The molecule has 0 saturated carbocycles. The fourth-order valence-electron chi connectivity index (χ4n) is 8.78. The lowest BCUT2D eigenvalue weighted by Crippen LogP contribution is -2.48. The van der Waals surface area contributed by atoms with Gasteiger partial charge in [0.25, 0.3) is 0 Å². The minimum absolute atomic E-state index is 0.382. The highest BCUT2D eigenvalue weighted by Crippen LogP contribution is 2.17. The summed E-state index contributed by atoms with van der Waals surface area (Å²) in [5, 5.41) is 33.3. The topological polar surface area (TPSA) is 89.8 Å². The minimum Gasteiger partial charge on any atom is -0.394 e. The van der Waals surface area contributed by atoms with Gasteiger partial charge in [-0.15, -0.1) is 0 Å². The number of carbonyl (C=O) groups excluding carboxylic acids is 1. The van der Waals surface area contributed by atoms with Gasteiger partial charge in [-0.1, -0.05) is 280 Å². The number of aliphatic hydroxyl groups is 3. The van der Waals surface area contributed by atoms with Gasteiger partial charge >= 0.3 is 0 Å². The zero-order valence-electron chi connectivity index (χ0n) is 44.1. The molecule has 4 N–H and O–H groups in total. The van der Waals surface area contributed by atoms with Crippen molar-refractivity contribution in [1.29, 1.82) is 0 Å². The first-order valence-electron chi connectivity index (χ1n) is 29.1. The Morgan fingerprint density at radius 2 is 0.667 bits per heavy atom. The Balaban J connectivity index is 3.55. The van der Waals surface area contributed by atoms with Crippen LogP contribution in [0.25, 0.3) is 0 Å². The minimum atomic E-state index is -1.11. The summed E-state index contributed by atoms with van der Waals surface area (Å²) in [5.41, 5.74) is 0. The lowest BCUT2D eigenvalue weighted by Gasteiger charge is -2.21. The first-order chi connectivity index (χ1) is 32.6. The zero-order valence-corrected chi connectivity index (χ0v) is 44.1. The van der Waals surface area contributed by atoms with Gasteiger partial charge in [-0.2, -0.15) is 0 Å². The second kappa shape index (κ2) is 55.6. The van der Waals surface area contributed by atoms with Crippen LogP contribution in [-0.2, 0) is 4.79 Å². The van der Waals surface area contributed by atoms with Gasteiger partial charge < -0.3 is 20.6 Å². The summed E-state index contributed by atoms with van der Waals surface area (Å²) < 4.78 is 0. The third-order valence-corrected chi connectivity index (χ3v) is 13.3. The molecule has 1 amide bonds. The molecule has 0 radical (unpaired) electrons. The lowest BCUT2D eigenvalue weighted by atomic mass is 10.0. The molecule has 0 aromatic rings. The van der Waals surface area contributed by atoms with Crippen molar-refractivity contribution >= 4 is 5.91 Å². The van der Waals surface area contributed by atoms with E-state index in [1.807, 2.05) is 6.08 Å². The maximum absolute atomic E-state index is 12.5. The van der Waals surface area contributed by atoms with E-state index in [-0.39, 0.29) is 6.61 Å². The van der Waals surface area contributed by atoms with Gasteiger partial charge in [-0.3, -0.25) is 4.79 Å². The molecule has 0 aliphatic rings. The standard InChI is InChI=1S/C61H113NO4/c1-3-5-7-9-11-13-15-17-19-21-22-23-24-25-26-27-28-29-30-31-32-33-34-35-36-37-38-39-40-42-44-46-48-50-52-54-56-60(65)61(66)62-58(57-63)59(64)55-53-51-49-47-45-43-41-20-18-16-14-12-10-8-6-4-2/h18,20,26-27,29-30,45,47,53,55,58-60,63-65H,3-17,19,21-25,28,31-44,46,48-52,54,56-57H2,1-2H3,(H,62,66)/b20-18+,27-26-,30-29-,47-45+,55-53+. The summed E-state index contributed by atoms with van der Waals surface area (Å²) in [6, 6.07) is -0.823. The van der Waals surface area contributed by atoms with E-state index in [0.29, 0.717) is 6.42 Å². The zero-order chi connectivity index (χ0) is 47.9. The number of amides is 1. The van der Waals surface area contributed by atoms with Crippen molar-refractivity contribution in [3.63, 3.8) is 0 Å². The normalized spacial score (nSPS) is 13.7. The van der Waals surface area contributed by atoms with Crippen LogP contribution in [-0.4, -0.2) is 46.1 Å². The summed E-state index contributed by atoms with van der Waals surface area (Å²) in [6.45, 7) is 4.17. The molecule has 5 nitrogen and oxygen atoms in total. The summed E-state index contributed by atoms with van der Waals surface area (Å²) in [5.74, 6) is -0.516. The molecule has 0 aliphatic carbocycles. The van der Waals surface area contributed by atoms with Crippen molar-refractivity contribution in [2.45, 2.75) is 315 Å². The van der Waals surface area contributed by atoms with Crippen LogP contribution in [0, 0.1) is 0 Å². The first-order valence-corrected chi connectivity index (χ1v) is 29.1. The van der Waals surface area contributed by atoms with Crippen molar-refractivity contribution in [3.8, 4) is 0 Å². The molecule has 0 aliphatic heterocycles. The smallest absolute Gasteiger partial charge is 0.249 e. The largest absolute Gasteiger partial charge is 0.394 e. The molecular weight excluding hydrogens is 811 g/mol. The van der Waals surface area contributed by atoms with E-state index < -0.39 is 24.2 Å². The SMILES string of the molecule is CCCCCCCC/C=C/CC/C=C/CC/C=C/C(O)C(CO)NC(=O)C(O)CCCCCCCCCCCCCCCCCC/C=C\C/C=C\CCCCCCCCCCCCCCC. The van der Waals surface area contributed by atoms with Crippen LogP contribution in [0.3, 0.4) is 0 Å². The highest BCUT2D eigenvalue weighted by atomic mass is 16.3. The fourth-order valence-corrected chi connectivity index (χ4v) is 8.78. The van der Waals surface area contributed by atoms with Crippen molar-refractivity contribution in [1.82, 2.24) is 5.32 Å². The Kier molecular flexibility index (Phi) is 54.0. The van der Waals surface area contributed by atoms with Gasteiger partial charge in [-0.05, 0) is 77.0 Å². The summed E-state index contributed by atoms with van der Waals surface area (Å²) in [6.07, 6.45) is 76.0. The molecule has 0 heterocycles. The molecule has 0 aromatic carbocycles. The molecule has 3 unspecified atom stereocenters. The second-order valence-corrected chi connectivity index (χ2v) is 19.8. The predicted octanol–water partition coefficient (Wildman–Crippen LogP) is 18.2. The van der Waals surface area contributed by atoms with Crippen molar-refractivity contribution in [2.75, 3.05) is 6.61 Å². The summed E-state index contributed by atoms with van der Waals surface area (Å²) in [7, 11) is 0. The van der Waals surface area contributed by atoms with Crippen molar-refractivity contribution in [2.24, 2.45) is 0 Å². The molecule has 66 heavy (non-hydrogen) atoms. The maximum atomic E-state index is 12.5. The number of unbranched alkanes of at least 4 members (excludes halogenated alkanes) is 37. The maximum Gasteiger partial charge on any atom is 0.249 e. The second-order valence-electron chi connectivity index (χ2n) is 19.8. The molecule has 0 rings (SSSR count). The average molecular weight is 925 g/mol. The molecular formula is C61H113NO4. The van der Waals surface area contributed by atoms with Gasteiger partial charge in [-0.25, -0.2) is 0 Å². The number of carbonyl (C=O) groups is 1. The Morgan fingerprint density at radius 3 is 1.02 bits per heavy atom. The monoisotopic (exact) mass is 924 g/mol.